The summed E-state index contributed by atoms with van der Waals surface area (Å²) in [5.74, 6) is -0.416. The van der Waals surface area contributed by atoms with Crippen molar-refractivity contribution in [1.29, 1.82) is 0 Å². The fourth-order valence-electron chi connectivity index (χ4n) is 2.70. The molecule has 0 bridgehead atoms. The number of hydrogen-bond acceptors (Lipinski definition) is 4. The average molecular weight is 313 g/mol. The van der Waals surface area contributed by atoms with Gasteiger partial charge in [0.15, 0.2) is 0 Å². The molecular weight excluding hydrogens is 296 g/mol. The van der Waals surface area contributed by atoms with Crippen LogP contribution in [0.4, 0.5) is 5.69 Å². The first kappa shape index (κ1) is 15.7. The number of rotatable bonds is 5. The number of nitro groups is 1. The first-order valence-electron chi connectivity index (χ1n) is 6.80. The average Bonchev–Trinajstić information content (AvgIpc) is 2.93. The summed E-state index contributed by atoms with van der Waals surface area (Å²) in [6.45, 7) is 0.394. The summed E-state index contributed by atoms with van der Waals surface area (Å²) in [5, 5.41) is 23.2. The van der Waals surface area contributed by atoms with E-state index in [2.05, 4.69) is 5.32 Å². The molecule has 1 amide bonds. The van der Waals surface area contributed by atoms with E-state index >= 15 is 0 Å². The number of nitro benzene ring substituents is 1. The molecule has 1 aromatic carbocycles. The molecular formula is C14H17ClN2O4. The summed E-state index contributed by atoms with van der Waals surface area (Å²) in [4.78, 5) is 22.3. The summed E-state index contributed by atoms with van der Waals surface area (Å²) in [6.07, 6.45) is 3.83. The zero-order chi connectivity index (χ0) is 15.5. The molecule has 1 fully saturated rings. The fraction of sp³-hybridized carbons (Fsp3) is 0.500. The van der Waals surface area contributed by atoms with Crippen LogP contribution in [-0.2, 0) is 0 Å². The Labute approximate surface area is 127 Å². The van der Waals surface area contributed by atoms with Crippen molar-refractivity contribution in [2.45, 2.75) is 25.7 Å². The van der Waals surface area contributed by atoms with Crippen LogP contribution in [0.5, 0.6) is 0 Å². The van der Waals surface area contributed by atoms with Crippen LogP contribution in [0, 0.1) is 15.5 Å². The van der Waals surface area contributed by atoms with Gasteiger partial charge in [0.25, 0.3) is 11.6 Å². The lowest BCUT2D eigenvalue weighted by molar-refractivity contribution is -0.384. The Balaban J connectivity index is 2.08. The summed E-state index contributed by atoms with van der Waals surface area (Å²) >= 11 is 5.80. The number of carbonyl (C=O) groups is 1. The highest BCUT2D eigenvalue weighted by molar-refractivity contribution is 6.31. The van der Waals surface area contributed by atoms with Gasteiger partial charge in [0.2, 0.25) is 0 Å². The van der Waals surface area contributed by atoms with Gasteiger partial charge in [-0.05, 0) is 18.9 Å². The van der Waals surface area contributed by atoms with E-state index in [4.69, 9.17) is 11.6 Å². The molecule has 6 nitrogen and oxygen atoms in total. The summed E-state index contributed by atoms with van der Waals surface area (Å²) in [6, 6.07) is 3.79. The minimum absolute atomic E-state index is 0.0307. The molecule has 2 rings (SSSR count). The number of benzene rings is 1. The van der Waals surface area contributed by atoms with Crippen LogP contribution in [0.1, 0.15) is 36.0 Å². The van der Waals surface area contributed by atoms with Crippen LogP contribution in [0.2, 0.25) is 5.02 Å². The van der Waals surface area contributed by atoms with Crippen molar-refractivity contribution in [2.24, 2.45) is 5.41 Å². The third-order valence-electron chi connectivity index (χ3n) is 3.98. The van der Waals surface area contributed by atoms with E-state index in [9.17, 15) is 20.0 Å². The number of aliphatic hydroxyl groups is 1. The number of carbonyl (C=O) groups excluding carboxylic acids is 1. The molecule has 1 saturated carbocycles. The Morgan fingerprint density at radius 2 is 2.05 bits per heavy atom. The van der Waals surface area contributed by atoms with Gasteiger partial charge in [0, 0.05) is 34.7 Å². The predicted molar refractivity (Wildman–Crippen MR) is 78.4 cm³/mol. The highest BCUT2D eigenvalue weighted by atomic mass is 35.5. The first-order valence-corrected chi connectivity index (χ1v) is 7.18. The van der Waals surface area contributed by atoms with Crippen LogP contribution >= 0.6 is 11.6 Å². The molecule has 0 aliphatic heterocycles. The molecule has 0 aromatic heterocycles. The smallest absolute Gasteiger partial charge is 0.271 e. The van der Waals surface area contributed by atoms with E-state index in [-0.39, 0.29) is 28.3 Å². The standard InChI is InChI=1S/C14H17ClN2O4/c15-11-5-10(6-12(7-11)17(20)21)13(19)16-8-14(9-18)3-1-2-4-14/h5-7,18H,1-4,8-9H2,(H,16,19). The quantitative estimate of drug-likeness (QED) is 0.645. The van der Waals surface area contributed by atoms with Crippen LogP contribution in [0.25, 0.3) is 0 Å². The van der Waals surface area contributed by atoms with Crippen LogP contribution in [0.3, 0.4) is 0 Å². The van der Waals surface area contributed by atoms with Crippen molar-refractivity contribution in [3.05, 3.63) is 38.9 Å². The van der Waals surface area contributed by atoms with E-state index in [1.807, 2.05) is 0 Å². The van der Waals surface area contributed by atoms with E-state index < -0.39 is 10.8 Å². The van der Waals surface area contributed by atoms with Gasteiger partial charge in [0.05, 0.1) is 11.5 Å². The largest absolute Gasteiger partial charge is 0.396 e. The Morgan fingerprint density at radius 1 is 1.38 bits per heavy atom. The molecule has 0 heterocycles. The van der Waals surface area contributed by atoms with Crippen molar-refractivity contribution < 1.29 is 14.8 Å². The topological polar surface area (TPSA) is 92.5 Å². The Bertz CT molecular complexity index is 556. The maximum Gasteiger partial charge on any atom is 0.271 e. The highest BCUT2D eigenvalue weighted by Crippen LogP contribution is 2.37. The number of amides is 1. The third-order valence-corrected chi connectivity index (χ3v) is 4.20. The SMILES string of the molecule is O=C(NCC1(CO)CCCC1)c1cc(Cl)cc([N+](=O)[O-])c1. The van der Waals surface area contributed by atoms with Gasteiger partial charge in [-0.25, -0.2) is 0 Å². The minimum atomic E-state index is -0.588. The Morgan fingerprint density at radius 3 is 2.62 bits per heavy atom. The van der Waals surface area contributed by atoms with E-state index in [1.165, 1.54) is 18.2 Å². The molecule has 7 heteroatoms. The zero-order valence-electron chi connectivity index (χ0n) is 11.5. The van der Waals surface area contributed by atoms with E-state index in [0.29, 0.717) is 6.54 Å². The van der Waals surface area contributed by atoms with Gasteiger partial charge in [-0.2, -0.15) is 0 Å². The lowest BCUT2D eigenvalue weighted by Crippen LogP contribution is -2.38. The molecule has 21 heavy (non-hydrogen) atoms. The first-order chi connectivity index (χ1) is 9.96. The maximum absolute atomic E-state index is 12.1. The van der Waals surface area contributed by atoms with E-state index in [1.54, 1.807) is 0 Å². The summed E-state index contributed by atoms with van der Waals surface area (Å²) in [7, 11) is 0. The fourth-order valence-corrected chi connectivity index (χ4v) is 2.93. The molecule has 0 unspecified atom stereocenters. The molecule has 0 saturated heterocycles. The molecule has 1 aliphatic carbocycles. The third kappa shape index (κ3) is 3.71. The van der Waals surface area contributed by atoms with Crippen LogP contribution < -0.4 is 5.32 Å². The molecule has 114 valence electrons. The molecule has 0 spiro atoms. The van der Waals surface area contributed by atoms with Crippen LogP contribution in [-0.4, -0.2) is 29.1 Å². The molecule has 2 N–H and O–H groups in total. The lowest BCUT2D eigenvalue weighted by atomic mass is 9.87. The summed E-state index contributed by atoms with van der Waals surface area (Å²) in [5.41, 5.74) is -0.328. The molecule has 1 aromatic rings. The van der Waals surface area contributed by atoms with Crippen molar-refractivity contribution >= 4 is 23.2 Å². The Kier molecular flexibility index (Phi) is 4.80. The van der Waals surface area contributed by atoms with E-state index in [0.717, 1.165) is 25.7 Å². The van der Waals surface area contributed by atoms with Crippen molar-refractivity contribution in [3.63, 3.8) is 0 Å². The Hall–Kier alpha value is -1.66. The minimum Gasteiger partial charge on any atom is -0.396 e. The van der Waals surface area contributed by atoms with Gasteiger partial charge < -0.3 is 10.4 Å². The van der Waals surface area contributed by atoms with Crippen molar-refractivity contribution in [1.82, 2.24) is 5.32 Å². The second-order valence-corrected chi connectivity index (χ2v) is 5.94. The normalized spacial score (nSPS) is 16.7. The zero-order valence-corrected chi connectivity index (χ0v) is 12.2. The van der Waals surface area contributed by atoms with Crippen molar-refractivity contribution in [3.8, 4) is 0 Å². The number of halogens is 1. The number of nitrogens with one attached hydrogen (secondary N) is 1. The highest BCUT2D eigenvalue weighted by Gasteiger charge is 2.33. The molecule has 0 radical (unpaired) electrons. The second kappa shape index (κ2) is 6.41. The van der Waals surface area contributed by atoms with Crippen LogP contribution in [0.15, 0.2) is 18.2 Å². The predicted octanol–water partition coefficient (Wildman–Crippen LogP) is 2.53. The van der Waals surface area contributed by atoms with Gasteiger partial charge in [-0.3, -0.25) is 14.9 Å². The molecule has 0 atom stereocenters. The van der Waals surface area contributed by atoms with Gasteiger partial charge in [-0.15, -0.1) is 0 Å². The number of nitrogens with zero attached hydrogens (tertiary/aromatic N) is 1. The van der Waals surface area contributed by atoms with Gasteiger partial charge >= 0.3 is 0 Å². The monoisotopic (exact) mass is 312 g/mol. The van der Waals surface area contributed by atoms with Gasteiger partial charge in [0.1, 0.15) is 0 Å². The second-order valence-electron chi connectivity index (χ2n) is 5.50. The number of hydrogen-bond donors (Lipinski definition) is 2. The molecule has 1 aliphatic rings. The maximum atomic E-state index is 12.1. The lowest BCUT2D eigenvalue weighted by Gasteiger charge is -2.26. The van der Waals surface area contributed by atoms with Gasteiger partial charge in [-0.1, -0.05) is 24.4 Å². The van der Waals surface area contributed by atoms with Crippen molar-refractivity contribution in [2.75, 3.05) is 13.2 Å². The number of non-ortho nitro benzene ring substituents is 1. The number of aliphatic hydroxyl groups excluding tert-OH is 1. The summed E-state index contributed by atoms with van der Waals surface area (Å²) < 4.78 is 0.